The highest BCUT2D eigenvalue weighted by Gasteiger charge is 2.26. The van der Waals surface area contributed by atoms with Crippen molar-refractivity contribution in [3.63, 3.8) is 0 Å². The lowest BCUT2D eigenvalue weighted by Gasteiger charge is -2.32. The highest BCUT2D eigenvalue weighted by molar-refractivity contribution is 5.90. The van der Waals surface area contributed by atoms with Crippen molar-refractivity contribution in [2.45, 2.75) is 31.4 Å². The van der Waals surface area contributed by atoms with E-state index in [9.17, 15) is 9.65 Å². The number of imidazole rings is 1. The fourth-order valence-corrected chi connectivity index (χ4v) is 5.64. The monoisotopic (exact) mass is 529 g/mol. The maximum atomic E-state index is 15.9. The van der Waals surface area contributed by atoms with Crippen LogP contribution in [0.25, 0.3) is 28.2 Å². The Hall–Kier alpha value is -4.07. The molecule has 0 saturated carbocycles. The average Bonchev–Trinajstić information content (AvgIpc) is 3.58. The number of methoxy groups -OCH3 is 1. The summed E-state index contributed by atoms with van der Waals surface area (Å²) in [6.07, 6.45) is 4.59. The molecule has 2 aromatic heterocycles. The molecule has 4 aromatic rings. The van der Waals surface area contributed by atoms with Gasteiger partial charge in [0.05, 0.1) is 23.0 Å². The largest absolute Gasteiger partial charge is 0.380 e. The summed E-state index contributed by atoms with van der Waals surface area (Å²) in [6, 6.07) is 13.2. The molecule has 2 fully saturated rings. The van der Waals surface area contributed by atoms with Crippen LogP contribution in [0, 0.1) is 23.0 Å². The summed E-state index contributed by atoms with van der Waals surface area (Å²) in [5, 5.41) is 9.22. The molecule has 2 aliphatic rings. The Morgan fingerprint density at radius 2 is 1.87 bits per heavy atom. The first-order valence-electron chi connectivity index (χ1n) is 13.1. The Balaban J connectivity index is 1.51. The molecule has 200 valence electrons. The molecular weight excluding hydrogens is 500 g/mol. The van der Waals surface area contributed by atoms with E-state index in [1.165, 1.54) is 18.2 Å². The van der Waals surface area contributed by atoms with E-state index in [-0.39, 0.29) is 23.4 Å². The minimum atomic E-state index is -0.665. The molecule has 39 heavy (non-hydrogen) atoms. The molecule has 6 rings (SSSR count). The lowest BCUT2D eigenvalue weighted by Crippen LogP contribution is -2.42. The molecule has 2 aromatic carbocycles. The number of nitrogens with two attached hydrogens (primary N) is 1. The molecule has 0 spiro atoms. The summed E-state index contributed by atoms with van der Waals surface area (Å²) < 4.78 is 37.7. The van der Waals surface area contributed by atoms with Crippen molar-refractivity contribution in [2.75, 3.05) is 43.1 Å². The predicted molar refractivity (Wildman–Crippen MR) is 146 cm³/mol. The Kier molecular flexibility index (Phi) is 6.62. The zero-order chi connectivity index (χ0) is 27.1. The third-order valence-electron chi connectivity index (χ3n) is 7.69. The second-order valence-corrected chi connectivity index (χ2v) is 10.2. The molecule has 0 amide bonds. The van der Waals surface area contributed by atoms with E-state index < -0.39 is 11.6 Å². The number of nitriles is 1. The van der Waals surface area contributed by atoms with Gasteiger partial charge in [-0.05, 0) is 61.7 Å². The van der Waals surface area contributed by atoms with Gasteiger partial charge in [0, 0.05) is 56.8 Å². The van der Waals surface area contributed by atoms with Gasteiger partial charge in [0.1, 0.15) is 29.0 Å². The van der Waals surface area contributed by atoms with Gasteiger partial charge in [-0.1, -0.05) is 0 Å². The smallest absolute Gasteiger partial charge is 0.167 e. The number of rotatable bonds is 5. The highest BCUT2D eigenvalue weighted by atomic mass is 19.1. The van der Waals surface area contributed by atoms with E-state index in [1.807, 2.05) is 18.2 Å². The van der Waals surface area contributed by atoms with Crippen LogP contribution >= 0.6 is 0 Å². The number of piperidine rings is 1. The van der Waals surface area contributed by atoms with Crippen molar-refractivity contribution in [3.8, 4) is 23.1 Å². The minimum absolute atomic E-state index is 0.0458. The lowest BCUT2D eigenvalue weighted by atomic mass is 10.1. The van der Waals surface area contributed by atoms with Crippen molar-refractivity contribution < 1.29 is 13.5 Å². The number of hydrogen-bond donors (Lipinski definition) is 1. The summed E-state index contributed by atoms with van der Waals surface area (Å²) in [6.45, 7) is 2.97. The fourth-order valence-electron chi connectivity index (χ4n) is 5.64. The quantitative estimate of drug-likeness (QED) is 0.410. The van der Waals surface area contributed by atoms with Crippen LogP contribution < -0.4 is 15.5 Å². The second-order valence-electron chi connectivity index (χ2n) is 10.2. The Bertz CT molecular complexity index is 1580. The molecule has 10 heteroatoms. The fraction of sp³-hybridized carbons (Fsp3) is 0.345. The predicted octanol–water partition coefficient (Wildman–Crippen LogP) is 4.39. The van der Waals surface area contributed by atoms with Crippen LogP contribution in [0.3, 0.4) is 0 Å². The number of nitrogens with zero attached hydrogens (tertiary/aromatic N) is 6. The number of benzene rings is 2. The van der Waals surface area contributed by atoms with Gasteiger partial charge >= 0.3 is 0 Å². The third-order valence-corrected chi connectivity index (χ3v) is 7.69. The number of ether oxygens (including phenoxy) is 1. The van der Waals surface area contributed by atoms with Gasteiger partial charge in [-0.2, -0.15) is 5.26 Å². The van der Waals surface area contributed by atoms with Gasteiger partial charge in [-0.25, -0.2) is 18.7 Å². The normalized spacial score (nSPS) is 19.6. The van der Waals surface area contributed by atoms with Crippen molar-refractivity contribution in [2.24, 2.45) is 5.73 Å². The van der Waals surface area contributed by atoms with Crippen molar-refractivity contribution in [3.05, 3.63) is 65.9 Å². The molecule has 4 heterocycles. The van der Waals surface area contributed by atoms with Crippen molar-refractivity contribution >= 4 is 22.5 Å². The first-order valence-corrected chi connectivity index (χ1v) is 13.1. The van der Waals surface area contributed by atoms with E-state index in [2.05, 4.69) is 14.8 Å². The number of anilines is 2. The van der Waals surface area contributed by atoms with Gasteiger partial charge < -0.3 is 20.3 Å². The average molecular weight is 530 g/mol. The van der Waals surface area contributed by atoms with Crippen LogP contribution in [0.2, 0.25) is 0 Å². The maximum Gasteiger partial charge on any atom is 0.167 e. The van der Waals surface area contributed by atoms with Crippen LogP contribution in [-0.2, 0) is 4.74 Å². The first-order chi connectivity index (χ1) is 19.0. The number of hydrogen-bond acceptors (Lipinski definition) is 7. The molecule has 8 nitrogen and oxygen atoms in total. The molecule has 2 saturated heterocycles. The van der Waals surface area contributed by atoms with Crippen molar-refractivity contribution in [1.29, 1.82) is 5.26 Å². The number of fused-ring (bicyclic) bond motifs is 1. The van der Waals surface area contributed by atoms with E-state index in [0.29, 0.717) is 35.6 Å². The number of pyridine rings is 1. The molecular formula is C29H29F2N7O. The minimum Gasteiger partial charge on any atom is -0.380 e. The van der Waals surface area contributed by atoms with E-state index in [1.54, 1.807) is 30.0 Å². The SMILES string of the molecule is COC1CCN(c2ccc(-n3c(-c4ccc(C#N)c(F)c4)nc4c(N5CCCC(N)C5)ccnc43)c(F)c2)C1. The summed E-state index contributed by atoms with van der Waals surface area (Å²) in [5.74, 6) is -0.779. The van der Waals surface area contributed by atoms with Crippen LogP contribution in [0.1, 0.15) is 24.8 Å². The maximum absolute atomic E-state index is 15.9. The third kappa shape index (κ3) is 4.58. The Labute approximate surface area is 225 Å². The van der Waals surface area contributed by atoms with E-state index >= 15 is 4.39 Å². The van der Waals surface area contributed by atoms with Gasteiger partial charge in [0.2, 0.25) is 0 Å². The Morgan fingerprint density at radius 1 is 1.00 bits per heavy atom. The zero-order valence-electron chi connectivity index (χ0n) is 21.6. The highest BCUT2D eigenvalue weighted by Crippen LogP contribution is 2.35. The molecule has 2 aliphatic heterocycles. The second kappa shape index (κ2) is 10.2. The zero-order valence-corrected chi connectivity index (χ0v) is 21.6. The number of aromatic nitrogens is 3. The lowest BCUT2D eigenvalue weighted by molar-refractivity contribution is 0.121. The molecule has 0 bridgehead atoms. The molecule has 2 atom stereocenters. The summed E-state index contributed by atoms with van der Waals surface area (Å²) in [5.41, 5.74) is 9.51. The topological polar surface area (TPSA) is 96.2 Å². The van der Waals surface area contributed by atoms with Gasteiger partial charge in [0.15, 0.2) is 5.65 Å². The van der Waals surface area contributed by atoms with Crippen LogP contribution in [0.5, 0.6) is 0 Å². The Morgan fingerprint density at radius 3 is 2.59 bits per heavy atom. The van der Waals surface area contributed by atoms with Crippen LogP contribution in [-0.4, -0.2) is 60.0 Å². The van der Waals surface area contributed by atoms with Crippen LogP contribution in [0.15, 0.2) is 48.7 Å². The van der Waals surface area contributed by atoms with Crippen LogP contribution in [0.4, 0.5) is 20.2 Å². The molecule has 2 N–H and O–H groups in total. The summed E-state index contributed by atoms with van der Waals surface area (Å²) in [4.78, 5) is 13.8. The van der Waals surface area contributed by atoms with Gasteiger partial charge in [-0.15, -0.1) is 0 Å². The summed E-state index contributed by atoms with van der Waals surface area (Å²) in [7, 11) is 1.69. The van der Waals surface area contributed by atoms with Gasteiger partial charge in [-0.3, -0.25) is 4.57 Å². The first kappa shape index (κ1) is 25.2. The van der Waals surface area contributed by atoms with Crippen molar-refractivity contribution in [1.82, 2.24) is 14.5 Å². The summed E-state index contributed by atoms with van der Waals surface area (Å²) >= 11 is 0. The van der Waals surface area contributed by atoms with E-state index in [0.717, 1.165) is 43.7 Å². The molecule has 0 radical (unpaired) electrons. The standard InChI is InChI=1S/C29H29F2N7O/c1-39-22-9-12-36(17-22)21-6-7-25(24(31)14-21)38-28(18-4-5-19(15-32)23(30)13-18)35-27-26(8-10-34-29(27)38)37-11-2-3-20(33)16-37/h4-8,10,13-14,20,22H,2-3,9,11-12,16-17,33H2,1H3. The number of halogens is 2. The van der Waals surface area contributed by atoms with E-state index in [4.69, 9.17) is 15.5 Å². The van der Waals surface area contributed by atoms with Gasteiger partial charge in [0.25, 0.3) is 0 Å². The molecule has 0 aliphatic carbocycles. The molecule has 2 unspecified atom stereocenters.